The largest absolute Gasteiger partial charge is 0.497 e. The molecule has 0 spiro atoms. The highest BCUT2D eigenvalue weighted by Gasteiger charge is 2.03. The minimum absolute atomic E-state index is 0.208. The Morgan fingerprint density at radius 2 is 1.73 bits per heavy atom. The monoisotopic (exact) mass is 360 g/mol. The Hall–Kier alpha value is -2.57. The van der Waals surface area contributed by atoms with Crippen LogP contribution in [-0.2, 0) is 19.0 Å². The molecule has 0 heterocycles. The fraction of sp³-hybridized carbons (Fsp3) is 0.350. The normalized spacial score (nSPS) is 10.5. The lowest BCUT2D eigenvalue weighted by atomic mass is 10.1. The third kappa shape index (κ3) is 6.38. The van der Waals surface area contributed by atoms with E-state index in [9.17, 15) is 4.79 Å². The van der Waals surface area contributed by atoms with Gasteiger partial charge in [0.15, 0.2) is 0 Å². The van der Waals surface area contributed by atoms with Crippen LogP contribution in [0.4, 0.5) is 0 Å². The van der Waals surface area contributed by atoms with Crippen molar-refractivity contribution in [3.63, 3.8) is 0 Å². The van der Waals surface area contributed by atoms with Crippen molar-refractivity contribution in [2.45, 2.75) is 0 Å². The third-order valence-corrected chi connectivity index (χ3v) is 3.54. The molecule has 140 valence electrons. The fourth-order valence-corrected chi connectivity index (χ4v) is 2.28. The van der Waals surface area contributed by atoms with Gasteiger partial charge in [-0.3, -0.25) is 0 Å². The zero-order valence-corrected chi connectivity index (χ0v) is 14.9. The highest BCUT2D eigenvalue weighted by Crippen LogP contribution is 2.28. The van der Waals surface area contributed by atoms with Crippen LogP contribution in [0.1, 0.15) is 0 Å². The Labute approximate surface area is 153 Å². The fourth-order valence-electron chi connectivity index (χ4n) is 2.28. The number of rotatable bonds is 12. The molecule has 2 aromatic carbocycles. The number of fused-ring (bicyclic) bond motifs is 1. The van der Waals surface area contributed by atoms with Crippen molar-refractivity contribution in [3.05, 3.63) is 49.1 Å². The zero-order valence-electron chi connectivity index (χ0n) is 14.9. The van der Waals surface area contributed by atoms with Gasteiger partial charge in [0.2, 0.25) is 0 Å². The predicted molar refractivity (Wildman–Crippen MR) is 98.8 cm³/mol. The molecular weight excluding hydrogens is 336 g/mol. The Morgan fingerprint density at radius 3 is 2.46 bits per heavy atom. The van der Waals surface area contributed by atoms with Gasteiger partial charge in [-0.25, -0.2) is 4.79 Å². The Morgan fingerprint density at radius 1 is 1.00 bits per heavy atom. The Kier molecular flexibility index (Phi) is 8.45. The van der Waals surface area contributed by atoms with Gasteiger partial charge in [-0.15, -0.1) is 0 Å². The number of ether oxygens (including phenoxy) is 5. The van der Waals surface area contributed by atoms with Crippen molar-refractivity contribution in [1.82, 2.24) is 0 Å². The van der Waals surface area contributed by atoms with Crippen LogP contribution >= 0.6 is 0 Å². The van der Waals surface area contributed by atoms with Crippen LogP contribution in [-0.4, -0.2) is 52.7 Å². The lowest BCUT2D eigenvalue weighted by Gasteiger charge is -2.11. The molecule has 2 rings (SSSR count). The summed E-state index contributed by atoms with van der Waals surface area (Å²) in [5.41, 5.74) is 0. The summed E-state index contributed by atoms with van der Waals surface area (Å²) < 4.78 is 26.6. The van der Waals surface area contributed by atoms with Crippen LogP contribution in [0.2, 0.25) is 0 Å². The highest BCUT2D eigenvalue weighted by atomic mass is 16.6. The van der Waals surface area contributed by atoms with E-state index in [2.05, 4.69) is 6.58 Å². The Balaban J connectivity index is 1.61. The maximum absolute atomic E-state index is 10.8. The number of hydrogen-bond donors (Lipinski definition) is 0. The molecule has 0 N–H and O–H groups in total. The van der Waals surface area contributed by atoms with Crippen molar-refractivity contribution in [3.8, 4) is 11.5 Å². The maximum atomic E-state index is 10.8. The van der Waals surface area contributed by atoms with Crippen molar-refractivity contribution >= 4 is 16.7 Å². The van der Waals surface area contributed by atoms with E-state index in [1.807, 2.05) is 36.4 Å². The van der Waals surface area contributed by atoms with Crippen LogP contribution in [0, 0.1) is 0 Å². The molecule has 0 aliphatic rings. The number of hydrogen-bond acceptors (Lipinski definition) is 6. The van der Waals surface area contributed by atoms with E-state index < -0.39 is 5.97 Å². The molecule has 2 aromatic rings. The third-order valence-electron chi connectivity index (χ3n) is 3.54. The van der Waals surface area contributed by atoms with Gasteiger partial charge in [0.05, 0.1) is 33.5 Å². The predicted octanol–water partition coefficient (Wildman–Crippen LogP) is 2.99. The quantitative estimate of drug-likeness (QED) is 0.329. The second-order valence-electron chi connectivity index (χ2n) is 5.29. The smallest absolute Gasteiger partial charge is 0.330 e. The number of esters is 1. The second kappa shape index (κ2) is 11.1. The summed E-state index contributed by atoms with van der Waals surface area (Å²) in [6.45, 7) is 5.64. The summed E-state index contributed by atoms with van der Waals surface area (Å²) in [5, 5.41) is 2.10. The highest BCUT2D eigenvalue weighted by molar-refractivity contribution is 5.89. The van der Waals surface area contributed by atoms with Gasteiger partial charge in [0.25, 0.3) is 0 Å². The minimum atomic E-state index is -0.450. The van der Waals surface area contributed by atoms with Crippen LogP contribution in [0.15, 0.2) is 49.1 Å². The van der Waals surface area contributed by atoms with Crippen molar-refractivity contribution in [2.75, 3.05) is 46.8 Å². The van der Waals surface area contributed by atoms with Gasteiger partial charge in [0.1, 0.15) is 24.7 Å². The van der Waals surface area contributed by atoms with Gasteiger partial charge < -0.3 is 23.7 Å². The first kappa shape index (κ1) is 19.8. The maximum Gasteiger partial charge on any atom is 0.330 e. The van der Waals surface area contributed by atoms with Crippen molar-refractivity contribution in [1.29, 1.82) is 0 Å². The van der Waals surface area contributed by atoms with E-state index in [-0.39, 0.29) is 6.61 Å². The van der Waals surface area contributed by atoms with E-state index in [1.165, 1.54) is 0 Å². The molecule has 0 fully saturated rings. The van der Waals surface area contributed by atoms with E-state index >= 15 is 0 Å². The molecule has 0 saturated heterocycles. The van der Waals surface area contributed by atoms with Crippen molar-refractivity contribution in [2.24, 2.45) is 0 Å². The summed E-state index contributed by atoms with van der Waals surface area (Å²) in [5.74, 6) is 1.18. The molecule has 0 atom stereocenters. The summed E-state index contributed by atoms with van der Waals surface area (Å²) in [4.78, 5) is 10.8. The average Bonchev–Trinajstić information content (AvgIpc) is 2.68. The van der Waals surface area contributed by atoms with E-state index in [0.29, 0.717) is 33.0 Å². The number of methoxy groups -OCH3 is 1. The number of benzene rings is 2. The summed E-state index contributed by atoms with van der Waals surface area (Å²) in [7, 11) is 1.65. The number of carbonyl (C=O) groups is 1. The van der Waals surface area contributed by atoms with Gasteiger partial charge >= 0.3 is 5.97 Å². The van der Waals surface area contributed by atoms with Gasteiger partial charge in [-0.2, -0.15) is 0 Å². The first-order chi connectivity index (χ1) is 12.7. The minimum Gasteiger partial charge on any atom is -0.497 e. The molecule has 0 radical (unpaired) electrons. The molecule has 0 saturated carbocycles. The second-order valence-corrected chi connectivity index (χ2v) is 5.29. The summed E-state index contributed by atoms with van der Waals surface area (Å²) in [6.07, 6.45) is 1.12. The van der Waals surface area contributed by atoms with E-state index in [1.54, 1.807) is 7.11 Å². The topological polar surface area (TPSA) is 63.2 Å². The lowest BCUT2D eigenvalue weighted by Crippen LogP contribution is -2.13. The average molecular weight is 360 g/mol. The van der Waals surface area contributed by atoms with Crippen LogP contribution < -0.4 is 9.47 Å². The summed E-state index contributed by atoms with van der Waals surface area (Å²) in [6, 6.07) is 11.8. The molecule has 0 aliphatic heterocycles. The van der Waals surface area contributed by atoms with Crippen LogP contribution in [0.25, 0.3) is 10.8 Å². The summed E-state index contributed by atoms with van der Waals surface area (Å²) >= 11 is 0. The van der Waals surface area contributed by atoms with Crippen LogP contribution in [0.3, 0.4) is 0 Å². The molecule has 0 bridgehead atoms. The number of carbonyl (C=O) groups excluding carboxylic acids is 1. The molecule has 0 amide bonds. The van der Waals surface area contributed by atoms with Gasteiger partial charge in [-0.05, 0) is 29.7 Å². The first-order valence-corrected chi connectivity index (χ1v) is 8.39. The zero-order chi connectivity index (χ0) is 18.6. The standard InChI is InChI=1S/C20H24O6/c1-3-20(21)26-14-12-24-10-9-23-11-13-25-19-6-4-5-16-15-17(22-2)7-8-18(16)19/h3-8,15H,1,9-14H2,2H3. The van der Waals surface area contributed by atoms with Gasteiger partial charge in [-0.1, -0.05) is 18.7 Å². The molecule has 0 aliphatic carbocycles. The SMILES string of the molecule is C=CC(=O)OCCOCCOCCOc1cccc2cc(OC)ccc12. The molecule has 0 unspecified atom stereocenters. The first-order valence-electron chi connectivity index (χ1n) is 8.39. The molecule has 0 aromatic heterocycles. The molecule has 6 nitrogen and oxygen atoms in total. The lowest BCUT2D eigenvalue weighted by molar-refractivity contribution is -0.139. The molecule has 26 heavy (non-hydrogen) atoms. The van der Waals surface area contributed by atoms with Gasteiger partial charge in [0, 0.05) is 11.5 Å². The molecular formula is C20H24O6. The van der Waals surface area contributed by atoms with Crippen molar-refractivity contribution < 1.29 is 28.5 Å². The van der Waals surface area contributed by atoms with E-state index in [4.69, 9.17) is 23.7 Å². The molecule has 6 heteroatoms. The Bertz CT molecular complexity index is 713. The van der Waals surface area contributed by atoms with Crippen LogP contribution in [0.5, 0.6) is 11.5 Å². The van der Waals surface area contributed by atoms with E-state index in [0.717, 1.165) is 28.3 Å².